The summed E-state index contributed by atoms with van der Waals surface area (Å²) in [6, 6.07) is 14.1. The van der Waals surface area contributed by atoms with Crippen LogP contribution in [0.3, 0.4) is 0 Å². The summed E-state index contributed by atoms with van der Waals surface area (Å²) in [5.41, 5.74) is -0.107. The van der Waals surface area contributed by atoms with E-state index in [1.807, 2.05) is 26.8 Å². The van der Waals surface area contributed by atoms with Gasteiger partial charge in [-0.3, -0.25) is 9.59 Å². The molecule has 0 saturated carbocycles. The summed E-state index contributed by atoms with van der Waals surface area (Å²) in [7, 11) is 0. The number of fused-ring (bicyclic) bond motifs is 1. The number of amides is 1. The summed E-state index contributed by atoms with van der Waals surface area (Å²) in [6.07, 6.45) is 0. The highest BCUT2D eigenvalue weighted by atomic mass is 32.2. The van der Waals surface area contributed by atoms with Gasteiger partial charge in [0.2, 0.25) is 0 Å². The molecule has 0 saturated heterocycles. The van der Waals surface area contributed by atoms with Crippen molar-refractivity contribution in [2.75, 3.05) is 0 Å². The molecule has 4 rings (SSSR count). The van der Waals surface area contributed by atoms with Gasteiger partial charge in [-0.25, -0.2) is 14.2 Å². The van der Waals surface area contributed by atoms with Crippen LogP contribution in [0.5, 0.6) is 0 Å². The third-order valence-corrected chi connectivity index (χ3v) is 5.74. The number of H-pyrrole nitrogens is 1. The fourth-order valence-electron chi connectivity index (χ4n) is 3.41. The molecular weight excluding hydrogens is 457 g/mol. The van der Waals surface area contributed by atoms with E-state index in [1.54, 1.807) is 24.3 Å². The molecule has 0 unspecified atom stereocenters. The highest BCUT2D eigenvalue weighted by Gasteiger charge is 2.24. The topological polar surface area (TPSA) is 105 Å². The van der Waals surface area contributed by atoms with E-state index in [-0.39, 0.29) is 27.7 Å². The second-order valence-corrected chi connectivity index (χ2v) is 9.65. The lowest BCUT2D eigenvalue weighted by Gasteiger charge is -2.21. The lowest BCUT2D eigenvalue weighted by atomic mass is 10.0. The molecule has 34 heavy (non-hydrogen) atoms. The van der Waals surface area contributed by atoms with Crippen LogP contribution in [0.2, 0.25) is 0 Å². The summed E-state index contributed by atoms with van der Waals surface area (Å²) in [5, 5.41) is 3.52. The third kappa shape index (κ3) is 5.26. The van der Waals surface area contributed by atoms with Gasteiger partial charge in [0.25, 0.3) is 11.5 Å². The number of aromatic amines is 1. The number of carbonyl (C=O) groups excluding carboxylic acids is 1. The first-order valence-corrected chi connectivity index (χ1v) is 11.5. The van der Waals surface area contributed by atoms with Crippen molar-refractivity contribution in [1.29, 1.82) is 0 Å². The molecule has 4 aromatic rings. The normalized spacial score (nSPS) is 11.5. The van der Waals surface area contributed by atoms with Crippen LogP contribution in [0.4, 0.5) is 4.39 Å². The Morgan fingerprint density at radius 3 is 2.56 bits per heavy atom. The molecule has 0 aliphatic heterocycles. The molecule has 0 fully saturated rings. The molecule has 0 aliphatic rings. The smallest absolute Gasteiger partial charge is 0.336 e. The Hall–Kier alpha value is -3.72. The number of carbonyl (C=O) groups is 1. The molecule has 0 bridgehead atoms. The number of thioether (sulfide) groups is 1. The summed E-state index contributed by atoms with van der Waals surface area (Å²) < 4.78 is 18.9. The van der Waals surface area contributed by atoms with E-state index in [2.05, 4.69) is 15.3 Å². The molecule has 7 nitrogen and oxygen atoms in total. The quantitative estimate of drug-likeness (QED) is 0.248. The number of aromatic nitrogens is 2. The Bertz CT molecular complexity index is 1490. The second kappa shape index (κ2) is 9.26. The highest BCUT2D eigenvalue weighted by molar-refractivity contribution is 7.98. The van der Waals surface area contributed by atoms with Crippen molar-refractivity contribution in [2.24, 2.45) is 0 Å². The SMILES string of the molecule is CC(C)(C)NC(=O)c1c(-c2ccccc2)nc(SCc2cc(=O)oc3ccc(F)cc23)[nH]c1=O. The van der Waals surface area contributed by atoms with Crippen LogP contribution in [0, 0.1) is 5.82 Å². The molecule has 0 aliphatic carbocycles. The zero-order chi connectivity index (χ0) is 24.5. The molecule has 0 spiro atoms. The van der Waals surface area contributed by atoms with Crippen LogP contribution in [-0.2, 0) is 5.75 Å². The minimum Gasteiger partial charge on any atom is -0.423 e. The van der Waals surface area contributed by atoms with Crippen LogP contribution in [-0.4, -0.2) is 21.4 Å². The first-order valence-electron chi connectivity index (χ1n) is 10.5. The Morgan fingerprint density at radius 2 is 1.85 bits per heavy atom. The molecule has 2 aromatic carbocycles. The van der Waals surface area contributed by atoms with Gasteiger partial charge in [-0.05, 0) is 44.5 Å². The maximum Gasteiger partial charge on any atom is 0.336 e. The van der Waals surface area contributed by atoms with Crippen molar-refractivity contribution in [3.05, 3.63) is 92.3 Å². The molecule has 1 amide bonds. The number of hydrogen-bond donors (Lipinski definition) is 2. The maximum atomic E-state index is 13.8. The predicted molar refractivity (Wildman–Crippen MR) is 130 cm³/mol. The highest BCUT2D eigenvalue weighted by Crippen LogP contribution is 2.27. The van der Waals surface area contributed by atoms with Gasteiger partial charge in [-0.15, -0.1) is 0 Å². The van der Waals surface area contributed by atoms with E-state index in [0.717, 1.165) is 11.8 Å². The molecular formula is C25H22FN3O4S. The van der Waals surface area contributed by atoms with Gasteiger partial charge in [0.05, 0.1) is 5.69 Å². The van der Waals surface area contributed by atoms with Crippen molar-refractivity contribution < 1.29 is 13.6 Å². The number of halogens is 1. The maximum absolute atomic E-state index is 13.8. The lowest BCUT2D eigenvalue weighted by Crippen LogP contribution is -2.43. The van der Waals surface area contributed by atoms with Crippen LogP contribution in [0.1, 0.15) is 36.7 Å². The summed E-state index contributed by atoms with van der Waals surface area (Å²) >= 11 is 1.16. The largest absolute Gasteiger partial charge is 0.423 e. The van der Waals surface area contributed by atoms with E-state index in [4.69, 9.17) is 4.42 Å². The number of benzene rings is 2. The summed E-state index contributed by atoms with van der Waals surface area (Å²) in [4.78, 5) is 45.1. The Morgan fingerprint density at radius 1 is 1.12 bits per heavy atom. The van der Waals surface area contributed by atoms with E-state index in [0.29, 0.717) is 16.5 Å². The number of nitrogens with one attached hydrogen (secondary N) is 2. The van der Waals surface area contributed by atoms with Gasteiger partial charge in [0.15, 0.2) is 5.16 Å². The minimum atomic E-state index is -0.582. The van der Waals surface area contributed by atoms with E-state index in [9.17, 15) is 18.8 Å². The van der Waals surface area contributed by atoms with Crippen LogP contribution in [0.15, 0.2) is 73.8 Å². The van der Waals surface area contributed by atoms with Gasteiger partial charge < -0.3 is 14.7 Å². The van der Waals surface area contributed by atoms with Crippen molar-refractivity contribution in [2.45, 2.75) is 37.2 Å². The minimum absolute atomic E-state index is 0.0849. The van der Waals surface area contributed by atoms with Gasteiger partial charge >= 0.3 is 5.63 Å². The molecule has 174 valence electrons. The third-order valence-electron chi connectivity index (χ3n) is 4.82. The van der Waals surface area contributed by atoms with Crippen LogP contribution >= 0.6 is 11.8 Å². The van der Waals surface area contributed by atoms with Crippen LogP contribution in [0.25, 0.3) is 22.2 Å². The Labute approximate surface area is 198 Å². The standard InChI is InChI=1S/C25H22FN3O4S/c1-25(2,3)29-23(32)20-21(14-7-5-4-6-8-14)27-24(28-22(20)31)34-13-15-11-19(30)33-18-10-9-16(26)12-17(15)18/h4-12H,13H2,1-3H3,(H,29,32)(H,27,28,31). The molecule has 2 aromatic heterocycles. The van der Waals surface area contributed by atoms with E-state index < -0.39 is 28.4 Å². The van der Waals surface area contributed by atoms with Gasteiger partial charge in [0, 0.05) is 28.3 Å². The van der Waals surface area contributed by atoms with E-state index in [1.165, 1.54) is 24.3 Å². The number of nitrogens with zero attached hydrogens (tertiary/aromatic N) is 1. The zero-order valence-electron chi connectivity index (χ0n) is 18.8. The predicted octanol–water partition coefficient (Wildman–Crippen LogP) is 4.50. The average Bonchev–Trinajstić information content (AvgIpc) is 2.76. The lowest BCUT2D eigenvalue weighted by molar-refractivity contribution is 0.0918. The second-order valence-electron chi connectivity index (χ2n) is 8.68. The molecule has 2 N–H and O–H groups in total. The molecule has 2 heterocycles. The van der Waals surface area contributed by atoms with Crippen molar-refractivity contribution in [1.82, 2.24) is 15.3 Å². The number of hydrogen-bond acceptors (Lipinski definition) is 6. The zero-order valence-corrected chi connectivity index (χ0v) is 19.6. The summed E-state index contributed by atoms with van der Waals surface area (Å²) in [5.74, 6) is -0.769. The molecule has 9 heteroatoms. The van der Waals surface area contributed by atoms with Crippen LogP contribution < -0.4 is 16.5 Å². The monoisotopic (exact) mass is 479 g/mol. The first-order chi connectivity index (χ1) is 16.1. The molecule has 0 atom stereocenters. The molecule has 0 radical (unpaired) electrons. The van der Waals surface area contributed by atoms with Crippen molar-refractivity contribution >= 4 is 28.6 Å². The Balaban J connectivity index is 1.75. The van der Waals surface area contributed by atoms with Crippen molar-refractivity contribution in [3.8, 4) is 11.3 Å². The van der Waals surface area contributed by atoms with Gasteiger partial charge in [-0.1, -0.05) is 42.1 Å². The number of rotatable bonds is 5. The van der Waals surface area contributed by atoms with Crippen molar-refractivity contribution in [3.63, 3.8) is 0 Å². The van der Waals surface area contributed by atoms with E-state index >= 15 is 0 Å². The summed E-state index contributed by atoms with van der Waals surface area (Å²) in [6.45, 7) is 5.47. The fraction of sp³-hybridized carbons (Fsp3) is 0.200. The first kappa shape index (κ1) is 23.4. The Kier molecular flexibility index (Phi) is 6.39. The van der Waals surface area contributed by atoms with Gasteiger partial charge in [0.1, 0.15) is 17.0 Å². The average molecular weight is 480 g/mol. The fourth-order valence-corrected chi connectivity index (χ4v) is 4.26. The van der Waals surface area contributed by atoms with Gasteiger partial charge in [-0.2, -0.15) is 0 Å².